The average Bonchev–Trinajstić information content (AvgIpc) is 2.53. The van der Waals surface area contributed by atoms with Crippen molar-refractivity contribution in [2.75, 3.05) is 33.4 Å². The third-order valence-corrected chi connectivity index (χ3v) is 2.99. The molecule has 6 nitrogen and oxygen atoms in total. The normalized spacial score (nSPS) is 18.4. The summed E-state index contributed by atoms with van der Waals surface area (Å²) in [7, 11) is 1.30. The van der Waals surface area contributed by atoms with Gasteiger partial charge >= 0.3 is 5.97 Å². The SMILES string of the molecule is COC(=O)C1CN(C(=O)COc2ccccc2)CCO1. The van der Waals surface area contributed by atoms with Crippen LogP contribution in [0, 0.1) is 0 Å². The van der Waals surface area contributed by atoms with Gasteiger partial charge in [-0.2, -0.15) is 0 Å². The van der Waals surface area contributed by atoms with Crippen LogP contribution >= 0.6 is 0 Å². The number of ether oxygens (including phenoxy) is 3. The van der Waals surface area contributed by atoms with E-state index in [-0.39, 0.29) is 19.1 Å². The fourth-order valence-corrected chi connectivity index (χ4v) is 1.90. The number of carbonyl (C=O) groups is 2. The molecule has 1 saturated heterocycles. The highest BCUT2D eigenvalue weighted by Gasteiger charge is 2.29. The van der Waals surface area contributed by atoms with Crippen LogP contribution in [0.15, 0.2) is 30.3 Å². The minimum Gasteiger partial charge on any atom is -0.484 e. The summed E-state index contributed by atoms with van der Waals surface area (Å²) in [5.74, 6) is -0.00355. The van der Waals surface area contributed by atoms with Crippen LogP contribution in [-0.2, 0) is 19.1 Å². The highest BCUT2D eigenvalue weighted by atomic mass is 16.6. The zero-order valence-electron chi connectivity index (χ0n) is 11.3. The molecule has 1 amide bonds. The minimum atomic E-state index is -0.713. The molecule has 0 N–H and O–H groups in total. The van der Waals surface area contributed by atoms with Crippen LogP contribution in [0.25, 0.3) is 0 Å². The molecule has 1 atom stereocenters. The number of esters is 1. The van der Waals surface area contributed by atoms with Gasteiger partial charge in [-0.1, -0.05) is 18.2 Å². The molecule has 1 aliphatic heterocycles. The van der Waals surface area contributed by atoms with E-state index in [1.807, 2.05) is 18.2 Å². The van der Waals surface area contributed by atoms with E-state index < -0.39 is 12.1 Å². The van der Waals surface area contributed by atoms with Crippen molar-refractivity contribution >= 4 is 11.9 Å². The smallest absolute Gasteiger partial charge is 0.336 e. The summed E-state index contributed by atoms with van der Waals surface area (Å²) < 4.78 is 15.3. The van der Waals surface area contributed by atoms with Crippen molar-refractivity contribution in [3.63, 3.8) is 0 Å². The number of rotatable bonds is 4. The molecule has 1 heterocycles. The molecule has 6 heteroatoms. The number of benzene rings is 1. The van der Waals surface area contributed by atoms with Gasteiger partial charge in [0.2, 0.25) is 0 Å². The first-order chi connectivity index (χ1) is 9.70. The van der Waals surface area contributed by atoms with Gasteiger partial charge < -0.3 is 19.1 Å². The number of morpholine rings is 1. The molecule has 2 rings (SSSR count). The number of para-hydroxylation sites is 1. The highest BCUT2D eigenvalue weighted by Crippen LogP contribution is 2.10. The second-order valence-electron chi connectivity index (χ2n) is 4.32. The lowest BCUT2D eigenvalue weighted by atomic mass is 10.2. The number of hydrogen-bond acceptors (Lipinski definition) is 5. The topological polar surface area (TPSA) is 65.1 Å². The molecule has 1 aliphatic rings. The Balaban J connectivity index is 1.84. The van der Waals surface area contributed by atoms with Crippen LogP contribution in [0.5, 0.6) is 5.75 Å². The molecule has 0 spiro atoms. The fourth-order valence-electron chi connectivity index (χ4n) is 1.90. The predicted molar refractivity (Wildman–Crippen MR) is 70.3 cm³/mol. The van der Waals surface area contributed by atoms with E-state index in [2.05, 4.69) is 4.74 Å². The highest BCUT2D eigenvalue weighted by molar-refractivity contribution is 5.80. The summed E-state index contributed by atoms with van der Waals surface area (Å²) in [5.41, 5.74) is 0. The van der Waals surface area contributed by atoms with Crippen LogP contribution in [0.4, 0.5) is 0 Å². The van der Waals surface area contributed by atoms with Gasteiger partial charge in [0.15, 0.2) is 12.7 Å². The second kappa shape index (κ2) is 6.91. The summed E-state index contributed by atoms with van der Waals surface area (Å²) in [6.07, 6.45) is -0.713. The van der Waals surface area contributed by atoms with Crippen LogP contribution in [0.1, 0.15) is 0 Å². The molecule has 0 aliphatic carbocycles. The molecule has 1 aromatic rings. The van der Waals surface area contributed by atoms with Crippen molar-refractivity contribution in [3.05, 3.63) is 30.3 Å². The molecule has 108 valence electrons. The number of carbonyl (C=O) groups excluding carboxylic acids is 2. The zero-order chi connectivity index (χ0) is 14.4. The Labute approximate surface area is 117 Å². The lowest BCUT2D eigenvalue weighted by Gasteiger charge is -2.31. The van der Waals surface area contributed by atoms with Crippen molar-refractivity contribution < 1.29 is 23.8 Å². The Bertz CT molecular complexity index is 462. The fraction of sp³-hybridized carbons (Fsp3) is 0.429. The van der Waals surface area contributed by atoms with Crippen LogP contribution < -0.4 is 4.74 Å². The van der Waals surface area contributed by atoms with Crippen molar-refractivity contribution in [2.24, 2.45) is 0 Å². The Kier molecular flexibility index (Phi) is 4.95. The Morgan fingerprint density at radius 2 is 2.10 bits per heavy atom. The lowest BCUT2D eigenvalue weighted by molar-refractivity contribution is -0.163. The van der Waals surface area contributed by atoms with E-state index in [0.29, 0.717) is 18.9 Å². The van der Waals surface area contributed by atoms with E-state index in [1.165, 1.54) is 7.11 Å². The molecule has 1 fully saturated rings. The molecule has 1 aromatic carbocycles. The maximum atomic E-state index is 12.0. The Hall–Kier alpha value is -2.08. The van der Waals surface area contributed by atoms with E-state index in [0.717, 1.165) is 0 Å². The van der Waals surface area contributed by atoms with Gasteiger partial charge in [0.1, 0.15) is 5.75 Å². The van der Waals surface area contributed by atoms with Gasteiger partial charge in [0, 0.05) is 6.54 Å². The third-order valence-electron chi connectivity index (χ3n) is 2.99. The predicted octanol–water partition coefficient (Wildman–Crippen LogP) is 0.466. The number of hydrogen-bond donors (Lipinski definition) is 0. The molecule has 0 aromatic heterocycles. The summed E-state index contributed by atoms with van der Waals surface area (Å²) in [4.78, 5) is 25.0. The van der Waals surface area contributed by atoms with Crippen LogP contribution in [-0.4, -0.2) is 56.3 Å². The first-order valence-corrected chi connectivity index (χ1v) is 6.36. The maximum Gasteiger partial charge on any atom is 0.336 e. The molecular weight excluding hydrogens is 262 g/mol. The average molecular weight is 279 g/mol. The van der Waals surface area contributed by atoms with Crippen molar-refractivity contribution in [3.8, 4) is 5.75 Å². The summed E-state index contributed by atoms with van der Waals surface area (Å²) in [6.45, 7) is 0.906. The van der Waals surface area contributed by atoms with Crippen LogP contribution in [0.3, 0.4) is 0 Å². The largest absolute Gasteiger partial charge is 0.484 e. The number of amides is 1. The summed E-state index contributed by atoms with van der Waals surface area (Å²) >= 11 is 0. The standard InChI is InChI=1S/C14H17NO5/c1-18-14(17)12-9-15(7-8-19-12)13(16)10-20-11-5-3-2-4-6-11/h2-6,12H,7-10H2,1H3. The Morgan fingerprint density at radius 3 is 2.80 bits per heavy atom. The lowest BCUT2D eigenvalue weighted by Crippen LogP contribution is -2.50. The molecular formula is C14H17NO5. The molecule has 1 unspecified atom stereocenters. The van der Waals surface area contributed by atoms with Crippen molar-refractivity contribution in [1.82, 2.24) is 4.90 Å². The first kappa shape index (κ1) is 14.3. The quantitative estimate of drug-likeness (QED) is 0.749. The molecule has 0 saturated carbocycles. The van der Waals surface area contributed by atoms with E-state index in [4.69, 9.17) is 9.47 Å². The molecule has 0 radical (unpaired) electrons. The zero-order valence-corrected chi connectivity index (χ0v) is 11.3. The minimum absolute atomic E-state index is 0.0576. The van der Waals surface area contributed by atoms with Gasteiger partial charge in [0.05, 0.1) is 20.3 Å². The summed E-state index contributed by atoms with van der Waals surface area (Å²) in [6, 6.07) is 9.11. The van der Waals surface area contributed by atoms with E-state index in [9.17, 15) is 9.59 Å². The van der Waals surface area contributed by atoms with Crippen molar-refractivity contribution in [1.29, 1.82) is 0 Å². The Morgan fingerprint density at radius 1 is 1.35 bits per heavy atom. The number of nitrogens with zero attached hydrogens (tertiary/aromatic N) is 1. The molecule has 0 bridgehead atoms. The van der Waals surface area contributed by atoms with E-state index >= 15 is 0 Å². The molecule has 20 heavy (non-hydrogen) atoms. The monoisotopic (exact) mass is 279 g/mol. The third kappa shape index (κ3) is 3.71. The van der Waals surface area contributed by atoms with Crippen LogP contribution in [0.2, 0.25) is 0 Å². The van der Waals surface area contributed by atoms with Crippen molar-refractivity contribution in [2.45, 2.75) is 6.10 Å². The second-order valence-corrected chi connectivity index (χ2v) is 4.32. The first-order valence-electron chi connectivity index (χ1n) is 6.36. The van der Waals surface area contributed by atoms with Gasteiger partial charge in [0.25, 0.3) is 5.91 Å². The van der Waals surface area contributed by atoms with Gasteiger partial charge in [-0.3, -0.25) is 4.79 Å². The number of methoxy groups -OCH3 is 1. The van der Waals surface area contributed by atoms with Gasteiger partial charge in [-0.05, 0) is 12.1 Å². The van der Waals surface area contributed by atoms with Gasteiger partial charge in [-0.15, -0.1) is 0 Å². The van der Waals surface area contributed by atoms with E-state index in [1.54, 1.807) is 17.0 Å². The summed E-state index contributed by atoms with van der Waals surface area (Å²) in [5, 5.41) is 0. The maximum absolute atomic E-state index is 12.0. The van der Waals surface area contributed by atoms with Gasteiger partial charge in [-0.25, -0.2) is 4.79 Å².